The van der Waals surface area contributed by atoms with Crippen LogP contribution in [0.2, 0.25) is 0 Å². The van der Waals surface area contributed by atoms with Crippen molar-refractivity contribution in [1.82, 2.24) is 14.1 Å². The molecule has 124 valence electrons. The van der Waals surface area contributed by atoms with E-state index in [9.17, 15) is 4.79 Å². The highest BCUT2D eigenvalue weighted by Crippen LogP contribution is 2.25. The summed E-state index contributed by atoms with van der Waals surface area (Å²) < 4.78 is 3.83. The molecule has 0 radical (unpaired) electrons. The van der Waals surface area contributed by atoms with Gasteiger partial charge in [0.15, 0.2) is 0 Å². The summed E-state index contributed by atoms with van der Waals surface area (Å²) in [6, 6.07) is 20.4. The Morgan fingerprint density at radius 1 is 1.00 bits per heavy atom. The molecule has 0 aliphatic carbocycles. The van der Waals surface area contributed by atoms with E-state index in [-0.39, 0.29) is 5.56 Å². The number of rotatable bonds is 3. The topological polar surface area (TPSA) is 39.8 Å². The number of fused-ring (bicyclic) bond motifs is 1. The van der Waals surface area contributed by atoms with Crippen molar-refractivity contribution in [2.75, 3.05) is 0 Å². The molecule has 0 saturated carbocycles. The average Bonchev–Trinajstić information content (AvgIpc) is 2.99. The summed E-state index contributed by atoms with van der Waals surface area (Å²) in [7, 11) is 1.78. The minimum Gasteiger partial charge on any atom is -0.319 e. The Bertz CT molecular complexity index is 1080. The molecule has 4 rings (SSSR count). The second-order valence-electron chi connectivity index (χ2n) is 6.32. The van der Waals surface area contributed by atoms with Gasteiger partial charge in [-0.1, -0.05) is 42.5 Å². The Labute approximate surface area is 146 Å². The quantitative estimate of drug-likeness (QED) is 0.574. The number of aromatic nitrogens is 3. The van der Waals surface area contributed by atoms with Gasteiger partial charge < -0.3 is 9.13 Å². The maximum atomic E-state index is 12.0. The van der Waals surface area contributed by atoms with Crippen LogP contribution in [0, 0.1) is 6.92 Å². The van der Waals surface area contributed by atoms with Crippen molar-refractivity contribution in [3.8, 4) is 11.4 Å². The maximum absolute atomic E-state index is 12.0. The van der Waals surface area contributed by atoms with E-state index in [4.69, 9.17) is 4.98 Å². The number of para-hydroxylation sites is 2. The predicted molar refractivity (Wildman–Crippen MR) is 101 cm³/mol. The van der Waals surface area contributed by atoms with Gasteiger partial charge in [-0.2, -0.15) is 0 Å². The summed E-state index contributed by atoms with van der Waals surface area (Å²) in [4.78, 5) is 16.9. The average molecular weight is 329 g/mol. The molecule has 2 aromatic carbocycles. The van der Waals surface area contributed by atoms with Gasteiger partial charge in [-0.3, -0.25) is 4.79 Å². The summed E-state index contributed by atoms with van der Waals surface area (Å²) in [5, 5.41) is 0. The third-order valence-corrected chi connectivity index (χ3v) is 4.46. The van der Waals surface area contributed by atoms with E-state index in [0.717, 1.165) is 34.5 Å². The zero-order chi connectivity index (χ0) is 17.4. The standard InChI is InChI=1S/C21H19N3O/c1-15-12-17(14-23(2)21(15)25)20-22-18-10-6-7-11-19(18)24(20)13-16-8-4-3-5-9-16/h3-12,14H,13H2,1-2H3. The molecule has 4 aromatic rings. The molecule has 0 saturated heterocycles. The summed E-state index contributed by atoms with van der Waals surface area (Å²) in [6.45, 7) is 2.58. The highest BCUT2D eigenvalue weighted by Gasteiger charge is 2.14. The second kappa shape index (κ2) is 6.06. The van der Waals surface area contributed by atoms with Gasteiger partial charge in [0, 0.05) is 30.9 Å². The molecule has 0 fully saturated rings. The van der Waals surface area contributed by atoms with Crippen LogP contribution in [0.3, 0.4) is 0 Å². The van der Waals surface area contributed by atoms with Crippen LogP contribution in [0.15, 0.2) is 71.7 Å². The van der Waals surface area contributed by atoms with E-state index in [0.29, 0.717) is 0 Å². The summed E-state index contributed by atoms with van der Waals surface area (Å²) in [5.41, 5.74) is 4.96. The molecule has 0 spiro atoms. The molecular formula is C21H19N3O. The normalized spacial score (nSPS) is 11.1. The van der Waals surface area contributed by atoms with Gasteiger partial charge in [0.05, 0.1) is 11.0 Å². The van der Waals surface area contributed by atoms with Crippen molar-refractivity contribution in [2.45, 2.75) is 13.5 Å². The van der Waals surface area contributed by atoms with Crippen LogP contribution in [-0.4, -0.2) is 14.1 Å². The molecular weight excluding hydrogens is 310 g/mol. The zero-order valence-electron chi connectivity index (χ0n) is 14.3. The van der Waals surface area contributed by atoms with Crippen LogP contribution in [0.4, 0.5) is 0 Å². The number of aryl methyl sites for hydroxylation is 2. The summed E-state index contributed by atoms with van der Waals surface area (Å²) >= 11 is 0. The molecule has 0 aliphatic rings. The fourth-order valence-corrected chi connectivity index (χ4v) is 3.22. The van der Waals surface area contributed by atoms with Crippen molar-refractivity contribution in [3.05, 3.63) is 88.3 Å². The fourth-order valence-electron chi connectivity index (χ4n) is 3.22. The van der Waals surface area contributed by atoms with Gasteiger partial charge in [-0.15, -0.1) is 0 Å². The Balaban J connectivity index is 1.94. The zero-order valence-corrected chi connectivity index (χ0v) is 14.3. The fraction of sp³-hybridized carbons (Fsp3) is 0.143. The first-order valence-corrected chi connectivity index (χ1v) is 8.30. The van der Waals surface area contributed by atoms with Gasteiger partial charge in [0.25, 0.3) is 5.56 Å². The van der Waals surface area contributed by atoms with Crippen molar-refractivity contribution >= 4 is 11.0 Å². The lowest BCUT2D eigenvalue weighted by molar-refractivity contribution is 0.819. The maximum Gasteiger partial charge on any atom is 0.253 e. The van der Waals surface area contributed by atoms with Crippen LogP contribution < -0.4 is 5.56 Å². The number of benzene rings is 2. The molecule has 2 heterocycles. The molecule has 4 nitrogen and oxygen atoms in total. The van der Waals surface area contributed by atoms with Gasteiger partial charge in [-0.25, -0.2) is 4.98 Å². The first-order valence-electron chi connectivity index (χ1n) is 8.30. The van der Waals surface area contributed by atoms with E-state index in [1.165, 1.54) is 5.56 Å². The SMILES string of the molecule is Cc1cc(-c2nc3ccccc3n2Cc2ccccc2)cn(C)c1=O. The number of hydrogen-bond acceptors (Lipinski definition) is 2. The van der Waals surface area contributed by atoms with Crippen molar-refractivity contribution in [3.63, 3.8) is 0 Å². The van der Waals surface area contributed by atoms with Crippen molar-refractivity contribution in [2.24, 2.45) is 7.05 Å². The van der Waals surface area contributed by atoms with E-state index in [2.05, 4.69) is 22.8 Å². The van der Waals surface area contributed by atoms with Crippen LogP contribution in [-0.2, 0) is 13.6 Å². The number of nitrogens with zero attached hydrogens (tertiary/aromatic N) is 3. The molecule has 0 atom stereocenters. The van der Waals surface area contributed by atoms with Crippen LogP contribution in [0.25, 0.3) is 22.4 Å². The number of hydrogen-bond donors (Lipinski definition) is 0. The number of imidazole rings is 1. The Morgan fingerprint density at radius 3 is 2.48 bits per heavy atom. The Morgan fingerprint density at radius 2 is 1.72 bits per heavy atom. The molecule has 25 heavy (non-hydrogen) atoms. The lowest BCUT2D eigenvalue weighted by Gasteiger charge is -2.11. The Hall–Kier alpha value is -3.14. The second-order valence-corrected chi connectivity index (χ2v) is 6.32. The first kappa shape index (κ1) is 15.4. The first-order chi connectivity index (χ1) is 12.1. The molecule has 0 bridgehead atoms. The monoisotopic (exact) mass is 329 g/mol. The smallest absolute Gasteiger partial charge is 0.253 e. The van der Waals surface area contributed by atoms with Gasteiger partial charge >= 0.3 is 0 Å². The minimum absolute atomic E-state index is 0.0227. The largest absolute Gasteiger partial charge is 0.319 e. The predicted octanol–water partition coefficient (Wildman–Crippen LogP) is 3.76. The van der Waals surface area contributed by atoms with Crippen molar-refractivity contribution < 1.29 is 0 Å². The molecule has 4 heteroatoms. The summed E-state index contributed by atoms with van der Waals surface area (Å²) in [5.74, 6) is 0.878. The number of pyridine rings is 1. The molecule has 0 unspecified atom stereocenters. The van der Waals surface area contributed by atoms with E-state index >= 15 is 0 Å². The molecule has 0 amide bonds. The molecule has 2 aromatic heterocycles. The van der Waals surface area contributed by atoms with E-state index in [1.54, 1.807) is 11.6 Å². The van der Waals surface area contributed by atoms with Gasteiger partial charge in [0.1, 0.15) is 5.82 Å². The van der Waals surface area contributed by atoms with Crippen LogP contribution in [0.1, 0.15) is 11.1 Å². The third-order valence-electron chi connectivity index (χ3n) is 4.46. The lowest BCUT2D eigenvalue weighted by Crippen LogP contribution is -2.18. The van der Waals surface area contributed by atoms with E-state index in [1.807, 2.05) is 55.6 Å². The Kier molecular flexibility index (Phi) is 3.73. The van der Waals surface area contributed by atoms with Crippen LogP contribution in [0.5, 0.6) is 0 Å². The lowest BCUT2D eigenvalue weighted by atomic mass is 10.2. The summed E-state index contributed by atoms with van der Waals surface area (Å²) in [6.07, 6.45) is 1.86. The minimum atomic E-state index is 0.0227. The van der Waals surface area contributed by atoms with Crippen LogP contribution >= 0.6 is 0 Å². The van der Waals surface area contributed by atoms with E-state index < -0.39 is 0 Å². The van der Waals surface area contributed by atoms with Gasteiger partial charge in [-0.05, 0) is 30.7 Å². The highest BCUT2D eigenvalue weighted by molar-refractivity contribution is 5.80. The van der Waals surface area contributed by atoms with Crippen molar-refractivity contribution in [1.29, 1.82) is 0 Å². The molecule has 0 N–H and O–H groups in total. The van der Waals surface area contributed by atoms with Gasteiger partial charge in [0.2, 0.25) is 0 Å². The third kappa shape index (κ3) is 2.76. The highest BCUT2D eigenvalue weighted by atomic mass is 16.1. The molecule has 0 aliphatic heterocycles.